The van der Waals surface area contributed by atoms with E-state index < -0.39 is 11.4 Å². The number of nitriles is 1. The number of hydrogen-bond donors (Lipinski definition) is 0. The summed E-state index contributed by atoms with van der Waals surface area (Å²) in [6.07, 6.45) is -0.338. The summed E-state index contributed by atoms with van der Waals surface area (Å²) in [5, 5.41) is 8.84. The molecule has 0 spiro atoms. The normalized spacial score (nSPS) is 12.6. The summed E-state index contributed by atoms with van der Waals surface area (Å²) in [6, 6.07) is 9.72. The monoisotopic (exact) mass is 231 g/mol. The molecule has 0 aliphatic carbocycles. The summed E-state index contributed by atoms with van der Waals surface area (Å²) in [5.74, 6) is -0.492. The van der Waals surface area contributed by atoms with Crippen molar-refractivity contribution in [3.63, 3.8) is 0 Å². The molecular formula is C14H17NO2. The molecule has 17 heavy (non-hydrogen) atoms. The number of esters is 1. The van der Waals surface area contributed by atoms with Gasteiger partial charge in [0.25, 0.3) is 0 Å². The van der Waals surface area contributed by atoms with Crippen molar-refractivity contribution in [3.05, 3.63) is 35.4 Å². The van der Waals surface area contributed by atoms with E-state index in [4.69, 9.17) is 10.00 Å². The second kappa shape index (κ2) is 5.01. The number of ether oxygens (including phenoxy) is 1. The fourth-order valence-corrected chi connectivity index (χ4v) is 1.34. The Bertz CT molecular complexity index is 458. The lowest BCUT2D eigenvalue weighted by atomic mass is 9.96. The minimum Gasteiger partial charge on any atom is -0.457 e. The van der Waals surface area contributed by atoms with Crippen molar-refractivity contribution in [2.24, 2.45) is 5.41 Å². The maximum absolute atomic E-state index is 11.7. The fraction of sp³-hybridized carbons (Fsp3) is 0.429. The van der Waals surface area contributed by atoms with Crippen LogP contribution in [0.1, 0.15) is 38.0 Å². The molecule has 0 aliphatic heterocycles. The Kier molecular flexibility index (Phi) is 3.90. The van der Waals surface area contributed by atoms with E-state index in [1.165, 1.54) is 0 Å². The minimum atomic E-state index is -1.10. The van der Waals surface area contributed by atoms with E-state index in [9.17, 15) is 4.79 Å². The van der Waals surface area contributed by atoms with Crippen LogP contribution in [0.3, 0.4) is 0 Å². The molecule has 1 atom stereocenters. The molecule has 0 amide bonds. The molecule has 0 radical (unpaired) electrons. The third-order valence-corrected chi connectivity index (χ3v) is 2.59. The molecule has 1 aromatic carbocycles. The fourth-order valence-electron chi connectivity index (χ4n) is 1.34. The van der Waals surface area contributed by atoms with Crippen molar-refractivity contribution >= 4 is 5.97 Å². The van der Waals surface area contributed by atoms with Crippen molar-refractivity contribution in [3.8, 4) is 6.07 Å². The van der Waals surface area contributed by atoms with Gasteiger partial charge < -0.3 is 4.74 Å². The Hall–Kier alpha value is -1.82. The first kappa shape index (κ1) is 13.2. The zero-order chi connectivity index (χ0) is 13.1. The first-order valence-corrected chi connectivity index (χ1v) is 5.55. The van der Waals surface area contributed by atoms with Crippen LogP contribution >= 0.6 is 0 Å². The molecule has 1 rings (SSSR count). The highest BCUT2D eigenvalue weighted by Crippen LogP contribution is 2.23. The molecule has 0 bridgehead atoms. The first-order valence-electron chi connectivity index (χ1n) is 5.55. The van der Waals surface area contributed by atoms with Crippen LogP contribution < -0.4 is 0 Å². The largest absolute Gasteiger partial charge is 0.457 e. The van der Waals surface area contributed by atoms with Gasteiger partial charge in [0.2, 0.25) is 0 Å². The van der Waals surface area contributed by atoms with Gasteiger partial charge in [0, 0.05) is 0 Å². The van der Waals surface area contributed by atoms with Crippen molar-refractivity contribution in [2.75, 3.05) is 0 Å². The Labute approximate surface area is 102 Å². The van der Waals surface area contributed by atoms with Crippen LogP contribution in [0, 0.1) is 23.7 Å². The highest BCUT2D eigenvalue weighted by Gasteiger charge is 2.30. The maximum atomic E-state index is 11.7. The Balaban J connectivity index is 2.78. The van der Waals surface area contributed by atoms with Gasteiger partial charge >= 0.3 is 5.97 Å². The molecule has 90 valence electrons. The van der Waals surface area contributed by atoms with Gasteiger partial charge in [-0.25, -0.2) is 0 Å². The molecule has 3 heteroatoms. The van der Waals surface area contributed by atoms with Gasteiger partial charge in [-0.3, -0.25) is 4.79 Å². The van der Waals surface area contributed by atoms with Crippen LogP contribution in [0.15, 0.2) is 24.3 Å². The summed E-state index contributed by atoms with van der Waals surface area (Å²) >= 11 is 0. The number of rotatable bonds is 3. The number of hydrogen-bond acceptors (Lipinski definition) is 3. The molecule has 3 nitrogen and oxygen atoms in total. The second-order valence-corrected chi connectivity index (χ2v) is 4.70. The molecule has 1 aromatic rings. The van der Waals surface area contributed by atoms with Crippen LogP contribution in [0.4, 0.5) is 0 Å². The SMILES string of the molecule is Cc1cccc([C@H](C)OC(=O)C(C)(C)C#N)c1. The van der Waals surface area contributed by atoms with Gasteiger partial charge in [-0.15, -0.1) is 0 Å². The average Bonchev–Trinajstić information content (AvgIpc) is 2.28. The van der Waals surface area contributed by atoms with Crippen molar-refractivity contribution in [1.82, 2.24) is 0 Å². The van der Waals surface area contributed by atoms with Crippen LogP contribution in [0.2, 0.25) is 0 Å². The molecule has 0 saturated heterocycles. The molecule has 0 aliphatic rings. The third-order valence-electron chi connectivity index (χ3n) is 2.59. The molecule has 0 heterocycles. The van der Waals surface area contributed by atoms with Crippen LogP contribution in [-0.4, -0.2) is 5.97 Å². The molecule has 0 N–H and O–H groups in total. The van der Waals surface area contributed by atoms with Crippen molar-refractivity contribution in [2.45, 2.75) is 33.8 Å². The van der Waals surface area contributed by atoms with Gasteiger partial charge in [-0.2, -0.15) is 5.26 Å². The van der Waals surface area contributed by atoms with Gasteiger partial charge in [-0.05, 0) is 33.3 Å². The lowest BCUT2D eigenvalue weighted by molar-refractivity contribution is -0.156. The molecule has 0 unspecified atom stereocenters. The van der Waals surface area contributed by atoms with E-state index in [1.807, 2.05) is 37.3 Å². The Morgan fingerprint density at radius 1 is 1.47 bits per heavy atom. The topological polar surface area (TPSA) is 50.1 Å². The van der Waals surface area contributed by atoms with Gasteiger partial charge in [0.05, 0.1) is 6.07 Å². The maximum Gasteiger partial charge on any atom is 0.326 e. The predicted molar refractivity (Wildman–Crippen MR) is 65.1 cm³/mol. The number of benzene rings is 1. The zero-order valence-electron chi connectivity index (χ0n) is 10.7. The average molecular weight is 231 g/mol. The standard InChI is InChI=1S/C14H17NO2/c1-10-6-5-7-12(8-10)11(2)17-13(16)14(3,4)9-15/h5-8,11H,1-4H3/t11-/m0/s1. The highest BCUT2D eigenvalue weighted by atomic mass is 16.5. The first-order chi connectivity index (χ1) is 7.86. The highest BCUT2D eigenvalue weighted by molar-refractivity contribution is 5.79. The van der Waals surface area contributed by atoms with Crippen molar-refractivity contribution in [1.29, 1.82) is 5.26 Å². The smallest absolute Gasteiger partial charge is 0.326 e. The minimum absolute atomic E-state index is 0.338. The number of carbonyl (C=O) groups excluding carboxylic acids is 1. The molecule has 0 fully saturated rings. The quantitative estimate of drug-likeness (QED) is 0.751. The van der Waals surface area contributed by atoms with Crippen LogP contribution in [0.25, 0.3) is 0 Å². The number of nitrogens with zero attached hydrogens (tertiary/aromatic N) is 1. The lowest BCUT2D eigenvalue weighted by Crippen LogP contribution is -2.25. The number of carbonyl (C=O) groups is 1. The van der Waals surface area contributed by atoms with E-state index in [0.717, 1.165) is 11.1 Å². The summed E-state index contributed by atoms with van der Waals surface area (Å²) in [7, 11) is 0. The summed E-state index contributed by atoms with van der Waals surface area (Å²) < 4.78 is 5.29. The number of aryl methyl sites for hydroxylation is 1. The van der Waals surface area contributed by atoms with E-state index in [0.29, 0.717) is 0 Å². The van der Waals surface area contributed by atoms with Crippen LogP contribution in [-0.2, 0) is 9.53 Å². The van der Waals surface area contributed by atoms with Gasteiger partial charge in [0.15, 0.2) is 0 Å². The van der Waals surface area contributed by atoms with E-state index in [-0.39, 0.29) is 6.10 Å². The Morgan fingerprint density at radius 2 is 2.12 bits per heavy atom. The summed E-state index contributed by atoms with van der Waals surface area (Å²) in [6.45, 7) is 6.90. The molecule has 0 aromatic heterocycles. The van der Waals surface area contributed by atoms with Crippen molar-refractivity contribution < 1.29 is 9.53 Å². The van der Waals surface area contributed by atoms with E-state index in [2.05, 4.69) is 0 Å². The van der Waals surface area contributed by atoms with Gasteiger partial charge in [-0.1, -0.05) is 29.8 Å². The lowest BCUT2D eigenvalue weighted by Gasteiger charge is -2.19. The molecule has 0 saturated carbocycles. The van der Waals surface area contributed by atoms with Gasteiger partial charge in [0.1, 0.15) is 11.5 Å². The van der Waals surface area contributed by atoms with Crippen LogP contribution in [0.5, 0.6) is 0 Å². The summed E-state index contributed by atoms with van der Waals surface area (Å²) in [5.41, 5.74) is 0.954. The molecular weight excluding hydrogens is 214 g/mol. The zero-order valence-corrected chi connectivity index (χ0v) is 10.7. The second-order valence-electron chi connectivity index (χ2n) is 4.70. The third kappa shape index (κ3) is 3.32. The predicted octanol–water partition coefficient (Wildman–Crippen LogP) is 3.15. The van der Waals surface area contributed by atoms with E-state index >= 15 is 0 Å². The Morgan fingerprint density at radius 3 is 2.65 bits per heavy atom. The van der Waals surface area contributed by atoms with E-state index in [1.54, 1.807) is 20.8 Å². The summed E-state index contributed by atoms with van der Waals surface area (Å²) in [4.78, 5) is 11.7.